The molecule has 82 valence electrons. The van der Waals surface area contributed by atoms with Gasteiger partial charge in [-0.05, 0) is 41.6 Å². The van der Waals surface area contributed by atoms with Gasteiger partial charge in [-0.25, -0.2) is 0 Å². The number of ether oxygens (including phenoxy) is 3. The van der Waals surface area contributed by atoms with Gasteiger partial charge in [0.1, 0.15) is 0 Å². The molecule has 1 aromatic carbocycles. The monoisotopic (exact) mass is 320 g/mol. The van der Waals surface area contributed by atoms with E-state index in [0.717, 1.165) is 3.57 Å². The first kappa shape index (κ1) is 12.2. The maximum absolute atomic E-state index is 5.42. The molecule has 0 saturated carbocycles. The molecule has 0 aliphatic heterocycles. The van der Waals surface area contributed by atoms with Crippen molar-refractivity contribution in [2.75, 3.05) is 14.2 Å². The van der Waals surface area contributed by atoms with Crippen molar-refractivity contribution in [3.8, 4) is 17.2 Å². The highest BCUT2D eigenvalue weighted by atomic mass is 127. The van der Waals surface area contributed by atoms with E-state index in [1.54, 1.807) is 26.6 Å². The van der Waals surface area contributed by atoms with E-state index < -0.39 is 0 Å². The van der Waals surface area contributed by atoms with Crippen LogP contribution in [0.3, 0.4) is 0 Å². The minimum Gasteiger partial charge on any atom is -0.493 e. The Kier molecular flexibility index (Phi) is 4.74. The molecule has 0 radical (unpaired) electrons. The van der Waals surface area contributed by atoms with Crippen LogP contribution in [-0.4, -0.2) is 14.2 Å². The Morgan fingerprint density at radius 3 is 2.07 bits per heavy atom. The number of halogens is 1. The zero-order chi connectivity index (χ0) is 11.3. The van der Waals surface area contributed by atoms with Crippen molar-refractivity contribution in [3.05, 3.63) is 28.0 Å². The van der Waals surface area contributed by atoms with Gasteiger partial charge in [0.05, 0.1) is 20.5 Å². The minimum absolute atomic E-state index is 0.596. The summed E-state index contributed by atoms with van der Waals surface area (Å²) in [5.41, 5.74) is 0. The lowest BCUT2D eigenvalue weighted by Crippen LogP contribution is -1.95. The lowest BCUT2D eigenvalue weighted by Gasteiger charge is -2.12. The largest absolute Gasteiger partial charge is 0.493 e. The summed E-state index contributed by atoms with van der Waals surface area (Å²) < 4.78 is 16.9. The summed E-state index contributed by atoms with van der Waals surface area (Å²) in [5.74, 6) is 1.92. The van der Waals surface area contributed by atoms with Crippen molar-refractivity contribution >= 4 is 22.6 Å². The highest BCUT2D eigenvalue weighted by Gasteiger charge is 2.12. The molecule has 1 rings (SSSR count). The fourth-order valence-corrected chi connectivity index (χ4v) is 1.67. The molecule has 0 aromatic heterocycles. The van der Waals surface area contributed by atoms with Gasteiger partial charge in [0.2, 0.25) is 5.75 Å². The molecule has 0 fully saturated rings. The molecule has 0 aliphatic carbocycles. The summed E-state index contributed by atoms with van der Waals surface area (Å²) >= 11 is 2.20. The van der Waals surface area contributed by atoms with Crippen molar-refractivity contribution in [2.24, 2.45) is 0 Å². The Balaban J connectivity index is 3.17. The second kappa shape index (κ2) is 5.85. The average molecular weight is 320 g/mol. The molecule has 0 N–H and O–H groups in total. The van der Waals surface area contributed by atoms with Crippen LogP contribution in [0.15, 0.2) is 24.5 Å². The zero-order valence-electron chi connectivity index (χ0n) is 8.91. The number of hydrogen-bond acceptors (Lipinski definition) is 3. The van der Waals surface area contributed by atoms with Crippen LogP contribution in [0.2, 0.25) is 0 Å². The van der Waals surface area contributed by atoms with Gasteiger partial charge in [0, 0.05) is 3.57 Å². The van der Waals surface area contributed by atoms with Crippen LogP contribution in [0.5, 0.6) is 17.2 Å². The van der Waals surface area contributed by atoms with Gasteiger partial charge in [0.15, 0.2) is 11.5 Å². The quantitative estimate of drug-likeness (QED) is 0.630. The maximum atomic E-state index is 5.42. The number of hydrogen-bond donors (Lipinski definition) is 0. The molecule has 3 nitrogen and oxygen atoms in total. The zero-order valence-corrected chi connectivity index (χ0v) is 11.1. The molecule has 1 aromatic rings. The predicted molar refractivity (Wildman–Crippen MR) is 67.7 cm³/mol. The third-order valence-electron chi connectivity index (χ3n) is 1.75. The molecule has 0 amide bonds. The van der Waals surface area contributed by atoms with Gasteiger partial charge in [-0.1, -0.05) is 6.08 Å². The van der Waals surface area contributed by atoms with Crippen molar-refractivity contribution in [3.63, 3.8) is 0 Å². The molecule has 0 unspecified atom stereocenters. The predicted octanol–water partition coefficient (Wildman–Crippen LogP) is 3.22. The number of methoxy groups -OCH3 is 2. The first-order valence-electron chi connectivity index (χ1n) is 4.42. The van der Waals surface area contributed by atoms with Gasteiger partial charge >= 0.3 is 0 Å². The molecular formula is C11H13IO3. The van der Waals surface area contributed by atoms with Crippen LogP contribution in [0.4, 0.5) is 0 Å². The average Bonchev–Trinajstić information content (AvgIpc) is 2.26. The van der Waals surface area contributed by atoms with Crippen molar-refractivity contribution in [2.45, 2.75) is 6.92 Å². The topological polar surface area (TPSA) is 27.7 Å². The van der Waals surface area contributed by atoms with Crippen LogP contribution in [0, 0.1) is 3.57 Å². The SMILES string of the molecule is CC=COc1c(OC)cc(I)cc1OC. The Labute approximate surface area is 103 Å². The number of rotatable bonds is 4. The highest BCUT2D eigenvalue weighted by Crippen LogP contribution is 2.38. The van der Waals surface area contributed by atoms with Gasteiger partial charge in [0.25, 0.3) is 0 Å². The molecule has 0 heterocycles. The molecule has 4 heteroatoms. The van der Waals surface area contributed by atoms with E-state index in [-0.39, 0.29) is 0 Å². The lowest BCUT2D eigenvalue weighted by molar-refractivity contribution is 0.345. The van der Waals surface area contributed by atoms with E-state index in [1.807, 2.05) is 19.1 Å². The Bertz CT molecular complexity index is 336. The Hall–Kier alpha value is -0.910. The van der Waals surface area contributed by atoms with E-state index in [1.165, 1.54) is 0 Å². The summed E-state index contributed by atoms with van der Waals surface area (Å²) in [6.45, 7) is 1.88. The van der Waals surface area contributed by atoms with Gasteiger partial charge in [-0.2, -0.15) is 0 Å². The summed E-state index contributed by atoms with van der Waals surface area (Å²) in [7, 11) is 3.21. The van der Waals surface area contributed by atoms with Gasteiger partial charge in [-0.15, -0.1) is 0 Å². The normalized spacial score (nSPS) is 10.4. The summed E-state index contributed by atoms with van der Waals surface area (Å²) in [4.78, 5) is 0. The first-order valence-corrected chi connectivity index (χ1v) is 5.50. The van der Waals surface area contributed by atoms with Gasteiger partial charge in [-0.3, -0.25) is 0 Å². The highest BCUT2D eigenvalue weighted by molar-refractivity contribution is 14.1. The van der Waals surface area contributed by atoms with Crippen molar-refractivity contribution < 1.29 is 14.2 Å². The third-order valence-corrected chi connectivity index (χ3v) is 2.37. The van der Waals surface area contributed by atoms with Crippen molar-refractivity contribution in [1.82, 2.24) is 0 Å². The van der Waals surface area contributed by atoms with Crippen LogP contribution in [0.25, 0.3) is 0 Å². The Morgan fingerprint density at radius 2 is 1.67 bits per heavy atom. The van der Waals surface area contributed by atoms with Crippen LogP contribution < -0.4 is 14.2 Å². The van der Waals surface area contributed by atoms with Crippen LogP contribution in [-0.2, 0) is 0 Å². The fraction of sp³-hybridized carbons (Fsp3) is 0.273. The molecule has 0 atom stereocenters. The number of allylic oxidation sites excluding steroid dienone is 1. The third kappa shape index (κ3) is 3.02. The van der Waals surface area contributed by atoms with Crippen LogP contribution in [0.1, 0.15) is 6.92 Å². The second-order valence-electron chi connectivity index (χ2n) is 2.73. The summed E-state index contributed by atoms with van der Waals surface area (Å²) in [6, 6.07) is 3.78. The fourth-order valence-electron chi connectivity index (χ4n) is 1.10. The molecule has 0 aliphatic rings. The van der Waals surface area contributed by atoms with E-state index in [2.05, 4.69) is 22.6 Å². The molecule has 0 spiro atoms. The standard InChI is InChI=1S/C11H13IO3/c1-4-5-15-11-9(13-2)6-8(12)7-10(11)14-3/h4-7H,1-3H3. The van der Waals surface area contributed by atoms with Crippen LogP contribution >= 0.6 is 22.6 Å². The summed E-state index contributed by atoms with van der Waals surface area (Å²) in [5, 5.41) is 0. The van der Waals surface area contributed by atoms with E-state index in [4.69, 9.17) is 14.2 Å². The second-order valence-corrected chi connectivity index (χ2v) is 3.97. The molecule has 0 saturated heterocycles. The minimum atomic E-state index is 0.596. The van der Waals surface area contributed by atoms with E-state index in [0.29, 0.717) is 17.2 Å². The lowest BCUT2D eigenvalue weighted by atomic mass is 10.3. The van der Waals surface area contributed by atoms with Gasteiger partial charge < -0.3 is 14.2 Å². The molecule has 15 heavy (non-hydrogen) atoms. The summed E-state index contributed by atoms with van der Waals surface area (Å²) in [6.07, 6.45) is 3.39. The van der Waals surface area contributed by atoms with E-state index in [9.17, 15) is 0 Å². The number of benzene rings is 1. The smallest absolute Gasteiger partial charge is 0.210 e. The maximum Gasteiger partial charge on any atom is 0.210 e. The molecule has 0 bridgehead atoms. The van der Waals surface area contributed by atoms with Crippen molar-refractivity contribution in [1.29, 1.82) is 0 Å². The Morgan fingerprint density at radius 1 is 1.13 bits per heavy atom. The first-order chi connectivity index (χ1) is 7.22. The van der Waals surface area contributed by atoms with E-state index >= 15 is 0 Å². The molecular weight excluding hydrogens is 307 g/mol.